The maximum atomic E-state index is 11.2. The molecule has 0 saturated carbocycles. The van der Waals surface area contributed by atoms with Crippen LogP contribution in [-0.2, 0) is 4.74 Å². The monoisotopic (exact) mass is 278 g/mol. The third kappa shape index (κ3) is 4.29. The summed E-state index contributed by atoms with van der Waals surface area (Å²) in [5, 5.41) is 6.80. The number of thiocarbonyl (C=S) groups is 1. The van der Waals surface area contributed by atoms with Crippen molar-refractivity contribution in [3.63, 3.8) is 0 Å². The summed E-state index contributed by atoms with van der Waals surface area (Å²) in [4.78, 5) is 11.2. The van der Waals surface area contributed by atoms with Crippen molar-refractivity contribution in [2.45, 2.75) is 25.9 Å². The van der Waals surface area contributed by atoms with Gasteiger partial charge >= 0.3 is 0 Å². The summed E-state index contributed by atoms with van der Waals surface area (Å²) in [7, 11) is 0. The number of anilines is 1. The highest BCUT2D eigenvalue weighted by molar-refractivity contribution is 7.80. The van der Waals surface area contributed by atoms with E-state index in [4.69, 9.17) is 17.0 Å². The Kier molecular flexibility index (Phi) is 4.87. The summed E-state index contributed by atoms with van der Waals surface area (Å²) in [5.41, 5.74) is 1.57. The molecule has 0 amide bonds. The SMILES string of the molecule is CC(=O)c1ccc(NC(=S)NCC2CCCO2)cc1. The summed E-state index contributed by atoms with van der Waals surface area (Å²) in [5.74, 6) is 0.0608. The van der Waals surface area contributed by atoms with Gasteiger partial charge in [0.2, 0.25) is 0 Å². The number of nitrogens with one attached hydrogen (secondary N) is 2. The third-order valence-electron chi connectivity index (χ3n) is 3.06. The zero-order valence-corrected chi connectivity index (χ0v) is 11.8. The van der Waals surface area contributed by atoms with E-state index in [1.807, 2.05) is 12.1 Å². The minimum absolute atomic E-state index is 0.0608. The maximum Gasteiger partial charge on any atom is 0.170 e. The molecule has 0 aromatic heterocycles. The van der Waals surface area contributed by atoms with Gasteiger partial charge < -0.3 is 15.4 Å². The quantitative estimate of drug-likeness (QED) is 0.654. The van der Waals surface area contributed by atoms with Crippen LogP contribution in [0.3, 0.4) is 0 Å². The Morgan fingerprint density at radius 1 is 1.42 bits per heavy atom. The molecule has 1 aromatic rings. The minimum atomic E-state index is 0.0608. The van der Waals surface area contributed by atoms with Crippen molar-refractivity contribution in [3.8, 4) is 0 Å². The number of ether oxygens (including phenoxy) is 1. The normalized spacial score (nSPS) is 18.1. The standard InChI is InChI=1S/C14H18N2O2S/c1-10(17)11-4-6-12(7-5-11)16-14(19)15-9-13-3-2-8-18-13/h4-7,13H,2-3,8-9H2,1H3,(H2,15,16,19). The first-order chi connectivity index (χ1) is 9.15. The Labute approximate surface area is 118 Å². The molecule has 102 valence electrons. The van der Waals surface area contributed by atoms with Gasteiger partial charge in [-0.15, -0.1) is 0 Å². The number of carbonyl (C=O) groups is 1. The van der Waals surface area contributed by atoms with Crippen molar-refractivity contribution >= 4 is 28.8 Å². The fourth-order valence-corrected chi connectivity index (χ4v) is 2.18. The fourth-order valence-electron chi connectivity index (χ4n) is 1.98. The molecular formula is C14H18N2O2S. The van der Waals surface area contributed by atoms with Crippen LogP contribution in [0, 0.1) is 0 Å². The molecule has 1 heterocycles. The number of Topliss-reactive ketones (excluding diaryl/α,β-unsaturated/α-hetero) is 1. The molecule has 0 aliphatic carbocycles. The topological polar surface area (TPSA) is 50.4 Å². The van der Waals surface area contributed by atoms with Gasteiger partial charge in [-0.05, 0) is 56.2 Å². The van der Waals surface area contributed by atoms with Gasteiger partial charge in [-0.25, -0.2) is 0 Å². The van der Waals surface area contributed by atoms with Crippen molar-refractivity contribution in [2.75, 3.05) is 18.5 Å². The zero-order valence-electron chi connectivity index (χ0n) is 10.9. The summed E-state index contributed by atoms with van der Waals surface area (Å²) in [6, 6.07) is 7.26. The van der Waals surface area contributed by atoms with Gasteiger partial charge in [-0.1, -0.05) is 0 Å². The number of hydrogen-bond donors (Lipinski definition) is 2. The molecule has 0 spiro atoms. The number of ketones is 1. The highest BCUT2D eigenvalue weighted by Gasteiger charge is 2.15. The first-order valence-corrected chi connectivity index (χ1v) is 6.83. The number of benzene rings is 1. The second-order valence-corrected chi connectivity index (χ2v) is 5.01. The van der Waals surface area contributed by atoms with E-state index in [0.29, 0.717) is 10.7 Å². The van der Waals surface area contributed by atoms with Crippen LogP contribution in [0.2, 0.25) is 0 Å². The van der Waals surface area contributed by atoms with Crippen LogP contribution in [0.5, 0.6) is 0 Å². The molecule has 5 heteroatoms. The molecule has 1 atom stereocenters. The first kappa shape index (κ1) is 14.0. The van der Waals surface area contributed by atoms with Gasteiger partial charge in [0.25, 0.3) is 0 Å². The number of rotatable bonds is 4. The van der Waals surface area contributed by atoms with Crippen molar-refractivity contribution in [1.29, 1.82) is 0 Å². The van der Waals surface area contributed by atoms with E-state index in [1.165, 1.54) is 0 Å². The van der Waals surface area contributed by atoms with Gasteiger partial charge in [0.15, 0.2) is 10.9 Å². The first-order valence-electron chi connectivity index (χ1n) is 6.42. The Hall–Kier alpha value is -1.46. The largest absolute Gasteiger partial charge is 0.376 e. The van der Waals surface area contributed by atoms with Crippen LogP contribution in [0.15, 0.2) is 24.3 Å². The van der Waals surface area contributed by atoms with E-state index in [9.17, 15) is 4.79 Å². The summed E-state index contributed by atoms with van der Waals surface area (Å²) in [6.45, 7) is 3.13. The summed E-state index contributed by atoms with van der Waals surface area (Å²) >= 11 is 5.21. The molecule has 1 fully saturated rings. The molecule has 2 rings (SSSR count). The fraction of sp³-hybridized carbons (Fsp3) is 0.429. The highest BCUT2D eigenvalue weighted by Crippen LogP contribution is 2.12. The molecule has 0 radical (unpaired) electrons. The van der Waals surface area contributed by atoms with Gasteiger partial charge in [-0.2, -0.15) is 0 Å². The smallest absolute Gasteiger partial charge is 0.170 e. The van der Waals surface area contributed by atoms with Crippen LogP contribution in [0.4, 0.5) is 5.69 Å². The molecule has 1 aliphatic rings. The Balaban J connectivity index is 1.79. The average molecular weight is 278 g/mol. The minimum Gasteiger partial charge on any atom is -0.376 e. The predicted molar refractivity (Wildman–Crippen MR) is 79.6 cm³/mol. The summed E-state index contributed by atoms with van der Waals surface area (Å²) < 4.78 is 5.51. The molecule has 1 unspecified atom stereocenters. The van der Waals surface area contributed by atoms with E-state index in [2.05, 4.69) is 10.6 Å². The Morgan fingerprint density at radius 3 is 2.74 bits per heavy atom. The van der Waals surface area contributed by atoms with Crippen LogP contribution < -0.4 is 10.6 Å². The lowest BCUT2D eigenvalue weighted by molar-refractivity contribution is 0.101. The molecule has 1 aliphatic heterocycles. The van der Waals surface area contributed by atoms with Crippen molar-refractivity contribution in [2.24, 2.45) is 0 Å². The van der Waals surface area contributed by atoms with Gasteiger partial charge in [0.05, 0.1) is 6.10 Å². The van der Waals surface area contributed by atoms with Crippen LogP contribution in [-0.4, -0.2) is 30.2 Å². The van der Waals surface area contributed by atoms with Crippen molar-refractivity contribution < 1.29 is 9.53 Å². The van der Waals surface area contributed by atoms with Gasteiger partial charge in [0, 0.05) is 24.4 Å². The molecule has 1 aromatic carbocycles. The highest BCUT2D eigenvalue weighted by atomic mass is 32.1. The molecule has 4 nitrogen and oxygen atoms in total. The van der Waals surface area contributed by atoms with Crippen molar-refractivity contribution in [3.05, 3.63) is 29.8 Å². The lowest BCUT2D eigenvalue weighted by Gasteiger charge is -2.14. The lowest BCUT2D eigenvalue weighted by Crippen LogP contribution is -2.34. The molecule has 0 bridgehead atoms. The summed E-state index contributed by atoms with van der Waals surface area (Å²) in [6.07, 6.45) is 2.47. The molecular weight excluding hydrogens is 260 g/mol. The van der Waals surface area contributed by atoms with E-state index < -0.39 is 0 Å². The predicted octanol–water partition coefficient (Wildman–Crippen LogP) is 2.35. The van der Waals surface area contributed by atoms with E-state index in [0.717, 1.165) is 31.7 Å². The molecule has 1 saturated heterocycles. The lowest BCUT2D eigenvalue weighted by atomic mass is 10.1. The second-order valence-electron chi connectivity index (χ2n) is 4.60. The van der Waals surface area contributed by atoms with Gasteiger partial charge in [0.1, 0.15) is 0 Å². The van der Waals surface area contributed by atoms with Crippen LogP contribution in [0.1, 0.15) is 30.1 Å². The number of hydrogen-bond acceptors (Lipinski definition) is 3. The van der Waals surface area contributed by atoms with Crippen LogP contribution >= 0.6 is 12.2 Å². The van der Waals surface area contributed by atoms with E-state index >= 15 is 0 Å². The molecule has 2 N–H and O–H groups in total. The number of carbonyl (C=O) groups excluding carboxylic acids is 1. The van der Waals surface area contributed by atoms with Crippen molar-refractivity contribution in [1.82, 2.24) is 5.32 Å². The van der Waals surface area contributed by atoms with Crippen LogP contribution in [0.25, 0.3) is 0 Å². The maximum absolute atomic E-state index is 11.2. The Bertz CT molecular complexity index is 453. The third-order valence-corrected chi connectivity index (χ3v) is 3.31. The molecule has 19 heavy (non-hydrogen) atoms. The zero-order chi connectivity index (χ0) is 13.7. The van der Waals surface area contributed by atoms with Gasteiger partial charge in [-0.3, -0.25) is 4.79 Å². The van der Waals surface area contributed by atoms with E-state index in [-0.39, 0.29) is 11.9 Å². The van der Waals surface area contributed by atoms with E-state index in [1.54, 1.807) is 19.1 Å². The Morgan fingerprint density at radius 2 is 2.16 bits per heavy atom. The average Bonchev–Trinajstić information content (AvgIpc) is 2.90. The second kappa shape index (κ2) is 6.63.